The maximum atomic E-state index is 5.21. The average Bonchev–Trinajstić information content (AvgIpc) is 3.29. The van der Waals surface area contributed by atoms with Crippen molar-refractivity contribution in [1.29, 1.82) is 0 Å². The highest BCUT2D eigenvalue weighted by molar-refractivity contribution is 5.38. The first kappa shape index (κ1) is 15.0. The molecule has 0 radical (unpaired) electrons. The fourth-order valence-corrected chi connectivity index (χ4v) is 3.16. The average molecular weight is 328 g/mol. The van der Waals surface area contributed by atoms with Gasteiger partial charge in [-0.3, -0.25) is 4.68 Å². The molecule has 0 aromatic carbocycles. The van der Waals surface area contributed by atoms with Gasteiger partial charge in [0.05, 0.1) is 13.7 Å². The molecule has 3 aromatic rings. The fraction of sp³-hybridized carbons (Fsp3) is 0.533. The number of likely N-dealkylation sites (tertiary alicyclic amines) is 1. The van der Waals surface area contributed by atoms with Gasteiger partial charge in [-0.05, 0) is 32.0 Å². The lowest BCUT2D eigenvalue weighted by Crippen LogP contribution is -2.35. The van der Waals surface area contributed by atoms with Gasteiger partial charge in [0.25, 0.3) is 0 Å². The second-order valence-electron chi connectivity index (χ2n) is 5.98. The highest BCUT2D eigenvalue weighted by atomic mass is 16.5. The topological polar surface area (TPSA) is 86.3 Å². The van der Waals surface area contributed by atoms with E-state index >= 15 is 0 Å². The highest BCUT2D eigenvalue weighted by Crippen LogP contribution is 2.27. The van der Waals surface area contributed by atoms with Crippen LogP contribution in [0.2, 0.25) is 0 Å². The number of nitrogens with zero attached hydrogens (tertiary/aromatic N) is 8. The number of aromatic nitrogens is 7. The van der Waals surface area contributed by atoms with Crippen molar-refractivity contribution in [2.45, 2.75) is 25.3 Å². The van der Waals surface area contributed by atoms with E-state index < -0.39 is 0 Å². The van der Waals surface area contributed by atoms with E-state index in [0.29, 0.717) is 11.8 Å². The molecule has 9 nitrogen and oxygen atoms in total. The van der Waals surface area contributed by atoms with E-state index in [4.69, 9.17) is 4.74 Å². The zero-order chi connectivity index (χ0) is 16.4. The Balaban J connectivity index is 1.40. The van der Waals surface area contributed by atoms with Gasteiger partial charge < -0.3 is 9.64 Å². The monoisotopic (exact) mass is 328 g/mol. The molecule has 1 fully saturated rings. The molecule has 1 aliphatic rings. The number of hydrogen-bond donors (Lipinski definition) is 0. The van der Waals surface area contributed by atoms with Crippen LogP contribution in [0.25, 0.3) is 5.65 Å². The van der Waals surface area contributed by atoms with Crippen molar-refractivity contribution >= 4 is 5.65 Å². The van der Waals surface area contributed by atoms with Gasteiger partial charge in [-0.1, -0.05) is 0 Å². The van der Waals surface area contributed by atoms with E-state index in [9.17, 15) is 0 Å². The molecule has 0 saturated carbocycles. The van der Waals surface area contributed by atoms with E-state index in [1.54, 1.807) is 25.8 Å². The number of fused-ring (bicyclic) bond motifs is 1. The minimum atomic E-state index is 0.377. The van der Waals surface area contributed by atoms with Crippen LogP contribution in [0, 0.1) is 0 Å². The molecule has 0 spiro atoms. The van der Waals surface area contributed by atoms with Crippen LogP contribution in [0.3, 0.4) is 0 Å². The summed E-state index contributed by atoms with van der Waals surface area (Å²) < 4.78 is 8.89. The van der Waals surface area contributed by atoms with Crippen LogP contribution in [-0.2, 0) is 6.54 Å². The van der Waals surface area contributed by atoms with Crippen LogP contribution < -0.4 is 4.74 Å². The van der Waals surface area contributed by atoms with Gasteiger partial charge in [-0.15, -0.1) is 15.3 Å². The van der Waals surface area contributed by atoms with Crippen molar-refractivity contribution in [2.24, 2.45) is 0 Å². The molecule has 4 heterocycles. The van der Waals surface area contributed by atoms with Gasteiger partial charge in [-0.2, -0.15) is 9.61 Å². The van der Waals surface area contributed by atoms with Gasteiger partial charge in [0.1, 0.15) is 12.7 Å². The fourth-order valence-electron chi connectivity index (χ4n) is 3.16. The van der Waals surface area contributed by atoms with Crippen molar-refractivity contribution in [2.75, 3.05) is 26.7 Å². The molecule has 0 amide bonds. The lowest BCUT2D eigenvalue weighted by molar-refractivity contribution is 0.199. The maximum Gasteiger partial charge on any atom is 0.231 e. The summed E-state index contributed by atoms with van der Waals surface area (Å²) >= 11 is 0. The first-order chi connectivity index (χ1) is 11.8. The van der Waals surface area contributed by atoms with Gasteiger partial charge in [0.2, 0.25) is 5.88 Å². The van der Waals surface area contributed by atoms with Crippen LogP contribution in [0.15, 0.2) is 24.8 Å². The second-order valence-corrected chi connectivity index (χ2v) is 5.98. The Labute approximate surface area is 139 Å². The minimum Gasteiger partial charge on any atom is -0.480 e. The van der Waals surface area contributed by atoms with Crippen LogP contribution in [0.1, 0.15) is 24.6 Å². The first-order valence-corrected chi connectivity index (χ1v) is 8.14. The van der Waals surface area contributed by atoms with Gasteiger partial charge in [0, 0.05) is 18.5 Å². The largest absolute Gasteiger partial charge is 0.480 e. The van der Waals surface area contributed by atoms with E-state index in [0.717, 1.165) is 50.5 Å². The van der Waals surface area contributed by atoms with Crippen molar-refractivity contribution < 1.29 is 4.74 Å². The predicted octanol–water partition coefficient (Wildman–Crippen LogP) is 0.604. The van der Waals surface area contributed by atoms with Gasteiger partial charge in [-0.25, -0.2) is 4.98 Å². The first-order valence-electron chi connectivity index (χ1n) is 8.14. The number of ether oxygens (including phenoxy) is 1. The SMILES string of the molecule is COc1ccc2nnc(C3CCN(CCn4cncn4)CC3)n2n1. The Hall–Kier alpha value is -2.55. The lowest BCUT2D eigenvalue weighted by Gasteiger charge is -2.30. The zero-order valence-corrected chi connectivity index (χ0v) is 13.6. The van der Waals surface area contributed by atoms with E-state index in [1.807, 2.05) is 15.3 Å². The summed E-state index contributed by atoms with van der Waals surface area (Å²) in [6.45, 7) is 3.94. The Morgan fingerprint density at radius 1 is 1.17 bits per heavy atom. The lowest BCUT2D eigenvalue weighted by atomic mass is 9.96. The van der Waals surface area contributed by atoms with Crippen LogP contribution in [-0.4, -0.2) is 66.2 Å². The van der Waals surface area contributed by atoms with Gasteiger partial charge >= 0.3 is 0 Å². The third-order valence-electron chi connectivity index (χ3n) is 4.54. The molecule has 0 atom stereocenters. The third kappa shape index (κ3) is 2.94. The molecule has 1 saturated heterocycles. The van der Waals surface area contributed by atoms with E-state index in [-0.39, 0.29) is 0 Å². The summed E-state index contributed by atoms with van der Waals surface area (Å²) in [6, 6.07) is 3.69. The summed E-state index contributed by atoms with van der Waals surface area (Å²) in [5.41, 5.74) is 0.763. The van der Waals surface area contributed by atoms with Crippen LogP contribution >= 0.6 is 0 Å². The van der Waals surface area contributed by atoms with E-state index in [2.05, 4.69) is 30.3 Å². The molecule has 0 N–H and O–H groups in total. The normalized spacial score (nSPS) is 16.7. The number of hydrogen-bond acceptors (Lipinski definition) is 7. The summed E-state index contributed by atoms with van der Waals surface area (Å²) in [7, 11) is 1.62. The molecule has 0 aliphatic carbocycles. The maximum absolute atomic E-state index is 5.21. The molecule has 9 heteroatoms. The van der Waals surface area contributed by atoms with Gasteiger partial charge in [0.15, 0.2) is 11.5 Å². The molecule has 3 aromatic heterocycles. The number of rotatable bonds is 5. The van der Waals surface area contributed by atoms with E-state index in [1.165, 1.54) is 0 Å². The standard InChI is InChI=1S/C15H20N8O/c1-24-14-3-2-13-18-19-15(23(13)20-14)12-4-6-21(7-5-12)8-9-22-11-16-10-17-22/h2-3,10-12H,4-9H2,1H3. The van der Waals surface area contributed by atoms with Crippen molar-refractivity contribution in [3.8, 4) is 5.88 Å². The zero-order valence-electron chi connectivity index (χ0n) is 13.6. The summed E-state index contributed by atoms with van der Waals surface area (Å²) in [5.74, 6) is 1.89. The second kappa shape index (κ2) is 6.52. The third-order valence-corrected chi connectivity index (χ3v) is 4.54. The predicted molar refractivity (Wildman–Crippen MR) is 85.8 cm³/mol. The summed E-state index contributed by atoms with van der Waals surface area (Å²) in [4.78, 5) is 6.43. The van der Waals surface area contributed by atoms with Crippen LogP contribution in [0.5, 0.6) is 5.88 Å². The Bertz CT molecular complexity index is 791. The van der Waals surface area contributed by atoms with Crippen LogP contribution in [0.4, 0.5) is 0 Å². The van der Waals surface area contributed by atoms with Crippen molar-refractivity contribution in [3.63, 3.8) is 0 Å². The Morgan fingerprint density at radius 3 is 2.79 bits per heavy atom. The molecular formula is C15H20N8O. The minimum absolute atomic E-state index is 0.377. The Morgan fingerprint density at radius 2 is 2.04 bits per heavy atom. The quantitative estimate of drug-likeness (QED) is 0.678. The molecule has 0 unspecified atom stereocenters. The molecule has 126 valence electrons. The molecule has 4 rings (SSSR count). The smallest absolute Gasteiger partial charge is 0.231 e. The summed E-state index contributed by atoms with van der Waals surface area (Å²) in [6.07, 6.45) is 5.44. The summed E-state index contributed by atoms with van der Waals surface area (Å²) in [5, 5.41) is 17.2. The molecular weight excluding hydrogens is 308 g/mol. The molecule has 24 heavy (non-hydrogen) atoms. The number of methoxy groups -OCH3 is 1. The molecule has 1 aliphatic heterocycles. The number of piperidine rings is 1. The van der Waals surface area contributed by atoms with Crippen molar-refractivity contribution in [3.05, 3.63) is 30.6 Å². The Kier molecular flexibility index (Phi) is 4.08. The molecule has 0 bridgehead atoms. The van der Waals surface area contributed by atoms with Crippen molar-refractivity contribution in [1.82, 2.24) is 39.5 Å². The highest BCUT2D eigenvalue weighted by Gasteiger charge is 2.25.